The van der Waals surface area contributed by atoms with Gasteiger partial charge in [0.15, 0.2) is 5.82 Å². The lowest BCUT2D eigenvalue weighted by atomic mass is 10.1. The van der Waals surface area contributed by atoms with E-state index in [4.69, 9.17) is 9.47 Å². The van der Waals surface area contributed by atoms with Gasteiger partial charge in [0, 0.05) is 18.9 Å². The minimum atomic E-state index is 0.0606. The number of benzene rings is 1. The molecule has 2 rings (SSSR count). The van der Waals surface area contributed by atoms with Crippen molar-refractivity contribution in [3.05, 3.63) is 41.7 Å². The van der Waals surface area contributed by atoms with E-state index < -0.39 is 0 Å². The zero-order chi connectivity index (χ0) is 15.2. The van der Waals surface area contributed by atoms with Crippen LogP contribution in [-0.4, -0.2) is 23.2 Å². The highest BCUT2D eigenvalue weighted by Gasteiger charge is 2.08. The Morgan fingerprint density at radius 3 is 2.62 bits per heavy atom. The Balaban J connectivity index is 2.08. The second-order valence-electron chi connectivity index (χ2n) is 5.03. The molecule has 1 N–H and O–H groups in total. The van der Waals surface area contributed by atoms with Gasteiger partial charge in [-0.3, -0.25) is 0 Å². The maximum Gasteiger partial charge on any atom is 0.257 e. The highest BCUT2D eigenvalue weighted by atomic mass is 16.5. The van der Waals surface area contributed by atoms with E-state index in [2.05, 4.69) is 21.4 Å². The van der Waals surface area contributed by atoms with Crippen LogP contribution >= 0.6 is 0 Å². The minimum absolute atomic E-state index is 0.0606. The first-order chi connectivity index (χ1) is 10.1. The maximum absolute atomic E-state index is 5.64. The van der Waals surface area contributed by atoms with Gasteiger partial charge in [-0.15, -0.1) is 0 Å². The van der Waals surface area contributed by atoms with E-state index in [9.17, 15) is 0 Å². The van der Waals surface area contributed by atoms with E-state index >= 15 is 0 Å². The van der Waals surface area contributed by atoms with Gasteiger partial charge in [-0.25, -0.2) is 9.97 Å². The van der Waals surface area contributed by atoms with E-state index in [0.717, 1.165) is 16.9 Å². The summed E-state index contributed by atoms with van der Waals surface area (Å²) >= 11 is 0. The summed E-state index contributed by atoms with van der Waals surface area (Å²) in [5, 5.41) is 3.26. The van der Waals surface area contributed by atoms with Gasteiger partial charge in [0.25, 0.3) is 5.88 Å². The van der Waals surface area contributed by atoms with Crippen LogP contribution in [0.1, 0.15) is 25.0 Å². The average molecular weight is 287 g/mol. The van der Waals surface area contributed by atoms with Crippen LogP contribution in [0.15, 0.2) is 30.6 Å². The summed E-state index contributed by atoms with van der Waals surface area (Å²) in [6.07, 6.45) is 3.33. The van der Waals surface area contributed by atoms with Crippen molar-refractivity contribution in [3.63, 3.8) is 0 Å². The Kier molecular flexibility index (Phi) is 4.98. The highest BCUT2D eigenvalue weighted by molar-refractivity contribution is 5.46. The Morgan fingerprint density at radius 2 is 1.95 bits per heavy atom. The molecule has 0 amide bonds. The third-order valence-electron chi connectivity index (χ3n) is 2.93. The fourth-order valence-electron chi connectivity index (χ4n) is 1.99. The van der Waals surface area contributed by atoms with E-state index in [1.807, 2.05) is 32.9 Å². The second-order valence-corrected chi connectivity index (χ2v) is 5.03. The number of hydrogen-bond donors (Lipinski definition) is 1. The molecule has 0 aliphatic carbocycles. The third-order valence-corrected chi connectivity index (χ3v) is 2.93. The second kappa shape index (κ2) is 6.92. The first-order valence-corrected chi connectivity index (χ1v) is 6.95. The Labute approximate surface area is 125 Å². The molecule has 0 spiro atoms. The molecule has 0 aliphatic rings. The Bertz CT molecular complexity index is 600. The van der Waals surface area contributed by atoms with Crippen LogP contribution < -0.4 is 14.8 Å². The number of hydrogen-bond acceptors (Lipinski definition) is 5. The molecular formula is C16H21N3O2. The van der Waals surface area contributed by atoms with Crippen LogP contribution in [-0.2, 0) is 6.54 Å². The highest BCUT2D eigenvalue weighted by Crippen LogP contribution is 2.22. The lowest BCUT2D eigenvalue weighted by Gasteiger charge is -2.13. The zero-order valence-electron chi connectivity index (χ0n) is 12.9. The van der Waals surface area contributed by atoms with Crippen LogP contribution in [0.3, 0.4) is 0 Å². The predicted octanol–water partition coefficient (Wildman–Crippen LogP) is 3.19. The third kappa shape index (κ3) is 4.08. The summed E-state index contributed by atoms with van der Waals surface area (Å²) in [4.78, 5) is 8.49. The molecule has 0 saturated heterocycles. The predicted molar refractivity (Wildman–Crippen MR) is 82.9 cm³/mol. The fraction of sp³-hybridized carbons (Fsp3) is 0.375. The van der Waals surface area contributed by atoms with Gasteiger partial charge in [0.1, 0.15) is 5.75 Å². The van der Waals surface area contributed by atoms with E-state index in [0.29, 0.717) is 18.2 Å². The molecule has 1 aromatic carbocycles. The molecule has 2 aromatic rings. The summed E-state index contributed by atoms with van der Waals surface area (Å²) in [5.74, 6) is 2.07. The van der Waals surface area contributed by atoms with Crippen LogP contribution in [0, 0.1) is 6.92 Å². The van der Waals surface area contributed by atoms with Crippen molar-refractivity contribution in [2.24, 2.45) is 0 Å². The van der Waals surface area contributed by atoms with Crippen molar-refractivity contribution in [2.75, 3.05) is 12.4 Å². The molecule has 112 valence electrons. The van der Waals surface area contributed by atoms with Crippen LogP contribution in [0.5, 0.6) is 11.6 Å². The number of nitrogens with zero attached hydrogens (tertiary/aromatic N) is 2. The van der Waals surface area contributed by atoms with Crippen molar-refractivity contribution in [1.29, 1.82) is 0 Å². The first-order valence-electron chi connectivity index (χ1n) is 6.95. The molecule has 1 aromatic heterocycles. The minimum Gasteiger partial charge on any atom is -0.496 e. The van der Waals surface area contributed by atoms with Crippen molar-refractivity contribution in [2.45, 2.75) is 33.4 Å². The summed E-state index contributed by atoms with van der Waals surface area (Å²) in [6.45, 7) is 6.60. The number of aromatic nitrogens is 2. The fourth-order valence-corrected chi connectivity index (χ4v) is 1.99. The van der Waals surface area contributed by atoms with Gasteiger partial charge in [-0.1, -0.05) is 12.1 Å². The van der Waals surface area contributed by atoms with Gasteiger partial charge in [-0.2, -0.15) is 0 Å². The molecule has 0 unspecified atom stereocenters. The monoisotopic (exact) mass is 287 g/mol. The molecule has 0 aliphatic heterocycles. The largest absolute Gasteiger partial charge is 0.496 e. The molecular weight excluding hydrogens is 266 g/mol. The summed E-state index contributed by atoms with van der Waals surface area (Å²) in [6, 6.07) is 6.08. The van der Waals surface area contributed by atoms with Crippen LogP contribution in [0.4, 0.5) is 5.82 Å². The zero-order valence-corrected chi connectivity index (χ0v) is 12.9. The lowest BCUT2D eigenvalue weighted by Crippen LogP contribution is -2.11. The van der Waals surface area contributed by atoms with E-state index in [1.165, 1.54) is 0 Å². The topological polar surface area (TPSA) is 56.3 Å². The number of rotatable bonds is 6. The van der Waals surface area contributed by atoms with E-state index in [-0.39, 0.29) is 6.10 Å². The van der Waals surface area contributed by atoms with Crippen molar-refractivity contribution >= 4 is 5.82 Å². The molecule has 1 heterocycles. The van der Waals surface area contributed by atoms with Crippen molar-refractivity contribution in [3.8, 4) is 11.6 Å². The molecule has 0 fully saturated rings. The molecule has 21 heavy (non-hydrogen) atoms. The number of methoxy groups -OCH3 is 1. The van der Waals surface area contributed by atoms with Gasteiger partial charge >= 0.3 is 0 Å². The number of anilines is 1. The van der Waals surface area contributed by atoms with Gasteiger partial charge in [0.2, 0.25) is 0 Å². The smallest absolute Gasteiger partial charge is 0.257 e. The Morgan fingerprint density at radius 1 is 1.19 bits per heavy atom. The summed E-state index contributed by atoms with van der Waals surface area (Å²) in [7, 11) is 1.68. The number of aryl methyl sites for hydroxylation is 1. The average Bonchev–Trinajstić information content (AvgIpc) is 2.46. The van der Waals surface area contributed by atoms with Gasteiger partial charge in [-0.05, 0) is 38.0 Å². The molecule has 0 atom stereocenters. The van der Waals surface area contributed by atoms with Gasteiger partial charge < -0.3 is 14.8 Å². The number of ether oxygens (including phenoxy) is 2. The summed E-state index contributed by atoms with van der Waals surface area (Å²) < 4.78 is 10.9. The van der Waals surface area contributed by atoms with Crippen molar-refractivity contribution in [1.82, 2.24) is 9.97 Å². The quantitative estimate of drug-likeness (QED) is 0.884. The summed E-state index contributed by atoms with van der Waals surface area (Å²) in [5.41, 5.74) is 2.25. The molecule has 0 radical (unpaired) electrons. The number of nitrogens with one attached hydrogen (secondary N) is 1. The Hall–Kier alpha value is -2.30. The SMILES string of the molecule is COc1ccc(CNc2nccnc2OC(C)C)cc1C. The maximum atomic E-state index is 5.64. The van der Waals surface area contributed by atoms with Gasteiger partial charge in [0.05, 0.1) is 13.2 Å². The first kappa shape index (κ1) is 15.1. The van der Waals surface area contributed by atoms with Crippen LogP contribution in [0.25, 0.3) is 0 Å². The van der Waals surface area contributed by atoms with Crippen LogP contribution in [0.2, 0.25) is 0 Å². The standard InChI is InChI=1S/C16H21N3O2/c1-11(2)21-16-15(17-7-8-18-16)19-10-13-5-6-14(20-4)12(3)9-13/h5-9,11H,10H2,1-4H3,(H,17,19). The lowest BCUT2D eigenvalue weighted by molar-refractivity contribution is 0.233. The normalized spacial score (nSPS) is 10.5. The molecule has 0 saturated carbocycles. The van der Waals surface area contributed by atoms with E-state index in [1.54, 1.807) is 19.5 Å². The molecule has 0 bridgehead atoms. The molecule has 5 heteroatoms. The molecule has 5 nitrogen and oxygen atoms in total. The van der Waals surface area contributed by atoms with Crippen molar-refractivity contribution < 1.29 is 9.47 Å².